The summed E-state index contributed by atoms with van der Waals surface area (Å²) in [5, 5.41) is 9.57. The summed E-state index contributed by atoms with van der Waals surface area (Å²) in [6, 6.07) is 13.1. The second-order valence-electron chi connectivity index (χ2n) is 4.11. The Morgan fingerprint density at radius 2 is 2.19 bits per heavy atom. The summed E-state index contributed by atoms with van der Waals surface area (Å²) < 4.78 is 5.65. The zero-order chi connectivity index (χ0) is 14.9. The zero-order valence-corrected chi connectivity index (χ0v) is 12.1. The smallest absolute Gasteiger partial charge is 0.328 e. The number of carbonyl (C=O) groups is 1. The van der Waals surface area contributed by atoms with Gasteiger partial charge in [0, 0.05) is 18.0 Å². The second kappa shape index (κ2) is 8.11. The number of rotatable bonds is 7. The molecule has 0 fully saturated rings. The Labute approximate surface area is 127 Å². The third-order valence-corrected chi connectivity index (χ3v) is 3.42. The van der Waals surface area contributed by atoms with Crippen LogP contribution in [0.4, 0.5) is 0 Å². The number of thioether (sulfide) groups is 1. The molecule has 0 amide bonds. The predicted molar refractivity (Wildman–Crippen MR) is 83.6 cm³/mol. The number of ether oxygens (including phenoxy) is 1. The van der Waals surface area contributed by atoms with Crippen LogP contribution in [0.5, 0.6) is 5.75 Å². The summed E-state index contributed by atoms with van der Waals surface area (Å²) in [6.07, 6.45) is 4.41. The van der Waals surface area contributed by atoms with Crippen LogP contribution < -0.4 is 4.74 Å². The monoisotopic (exact) mass is 301 g/mol. The highest BCUT2D eigenvalue weighted by molar-refractivity contribution is 7.99. The summed E-state index contributed by atoms with van der Waals surface area (Å²) in [5.74, 6) is 0.559. The number of hydrogen-bond acceptors (Lipinski definition) is 4. The highest BCUT2D eigenvalue weighted by Crippen LogP contribution is 2.17. The topological polar surface area (TPSA) is 59.4 Å². The third-order valence-electron chi connectivity index (χ3n) is 2.52. The molecule has 108 valence electrons. The lowest BCUT2D eigenvalue weighted by Gasteiger charge is -2.06. The maximum absolute atomic E-state index is 10.5. The van der Waals surface area contributed by atoms with Crippen LogP contribution in [0.3, 0.4) is 0 Å². The molecule has 5 heteroatoms. The molecule has 4 nitrogen and oxygen atoms in total. The number of aromatic nitrogens is 1. The first-order valence-electron chi connectivity index (χ1n) is 6.42. The van der Waals surface area contributed by atoms with Crippen LogP contribution in [0.1, 0.15) is 5.56 Å². The van der Waals surface area contributed by atoms with Gasteiger partial charge < -0.3 is 9.84 Å². The lowest BCUT2D eigenvalue weighted by Crippen LogP contribution is -2.00. The highest BCUT2D eigenvalue weighted by Gasteiger charge is 1.98. The standard InChI is InChI=1S/C16H15NO3S/c18-16(19)8-7-13-4-3-5-14(12-13)20-10-11-21-15-6-1-2-9-17-15/h1-9,12H,10-11H2,(H,18,19). The quantitative estimate of drug-likeness (QED) is 0.483. The van der Waals surface area contributed by atoms with Crippen molar-refractivity contribution in [2.24, 2.45) is 0 Å². The molecule has 0 aliphatic heterocycles. The van der Waals surface area contributed by atoms with Gasteiger partial charge in [0.1, 0.15) is 5.75 Å². The van der Waals surface area contributed by atoms with Crippen LogP contribution in [0.2, 0.25) is 0 Å². The lowest BCUT2D eigenvalue weighted by molar-refractivity contribution is -0.131. The van der Waals surface area contributed by atoms with Crippen LogP contribution >= 0.6 is 11.8 Å². The van der Waals surface area contributed by atoms with E-state index in [-0.39, 0.29) is 0 Å². The van der Waals surface area contributed by atoms with Gasteiger partial charge in [-0.1, -0.05) is 18.2 Å². The van der Waals surface area contributed by atoms with Crippen molar-refractivity contribution in [1.82, 2.24) is 4.98 Å². The zero-order valence-electron chi connectivity index (χ0n) is 11.3. The van der Waals surface area contributed by atoms with E-state index in [9.17, 15) is 4.79 Å². The van der Waals surface area contributed by atoms with E-state index >= 15 is 0 Å². The number of benzene rings is 1. The van der Waals surface area contributed by atoms with E-state index in [2.05, 4.69) is 4.98 Å². The summed E-state index contributed by atoms with van der Waals surface area (Å²) in [7, 11) is 0. The van der Waals surface area contributed by atoms with Crippen molar-refractivity contribution < 1.29 is 14.6 Å². The fourth-order valence-corrected chi connectivity index (χ4v) is 2.30. The van der Waals surface area contributed by atoms with Gasteiger partial charge in [-0.3, -0.25) is 0 Å². The molecule has 0 aliphatic rings. The molecule has 21 heavy (non-hydrogen) atoms. The van der Waals surface area contributed by atoms with Gasteiger partial charge in [0.2, 0.25) is 0 Å². The fourth-order valence-electron chi connectivity index (χ4n) is 1.61. The summed E-state index contributed by atoms with van der Waals surface area (Å²) in [4.78, 5) is 14.7. The minimum atomic E-state index is -0.965. The number of hydrogen-bond donors (Lipinski definition) is 1. The molecule has 1 aromatic heterocycles. The van der Waals surface area contributed by atoms with Crippen LogP contribution in [0.15, 0.2) is 59.8 Å². The maximum atomic E-state index is 10.5. The van der Waals surface area contributed by atoms with Crippen molar-refractivity contribution in [2.45, 2.75) is 5.03 Å². The van der Waals surface area contributed by atoms with E-state index < -0.39 is 5.97 Å². The van der Waals surface area contributed by atoms with Gasteiger partial charge in [-0.25, -0.2) is 9.78 Å². The van der Waals surface area contributed by atoms with Gasteiger partial charge in [0.05, 0.1) is 11.6 Å². The maximum Gasteiger partial charge on any atom is 0.328 e. The van der Waals surface area contributed by atoms with Gasteiger partial charge in [-0.2, -0.15) is 0 Å². The van der Waals surface area contributed by atoms with E-state index in [1.165, 1.54) is 6.08 Å². The molecule has 0 spiro atoms. The van der Waals surface area contributed by atoms with Crippen LogP contribution in [0, 0.1) is 0 Å². The number of pyridine rings is 1. The average molecular weight is 301 g/mol. The number of nitrogens with zero attached hydrogens (tertiary/aromatic N) is 1. The first kappa shape index (κ1) is 15.1. The molecule has 2 aromatic rings. The molecule has 0 saturated carbocycles. The molecule has 1 N–H and O–H groups in total. The molecule has 1 heterocycles. The van der Waals surface area contributed by atoms with Gasteiger partial charge in [0.25, 0.3) is 0 Å². The molecule has 1 aromatic carbocycles. The molecule has 0 bridgehead atoms. The van der Waals surface area contributed by atoms with E-state index in [1.807, 2.05) is 42.5 Å². The number of carboxylic acids is 1. The first-order chi connectivity index (χ1) is 10.2. The van der Waals surface area contributed by atoms with Crippen molar-refractivity contribution >= 4 is 23.8 Å². The molecule has 0 aliphatic carbocycles. The largest absolute Gasteiger partial charge is 0.493 e. The Kier molecular flexibility index (Phi) is 5.84. The van der Waals surface area contributed by atoms with Gasteiger partial charge >= 0.3 is 5.97 Å². The normalized spacial score (nSPS) is 10.7. The van der Waals surface area contributed by atoms with Crippen molar-refractivity contribution in [3.05, 3.63) is 60.3 Å². The Morgan fingerprint density at radius 1 is 1.29 bits per heavy atom. The minimum Gasteiger partial charge on any atom is -0.493 e. The molecule has 0 radical (unpaired) electrons. The summed E-state index contributed by atoms with van der Waals surface area (Å²) in [6.45, 7) is 0.563. The molecule has 0 saturated heterocycles. The predicted octanol–water partition coefficient (Wildman–Crippen LogP) is 3.35. The second-order valence-corrected chi connectivity index (χ2v) is 5.22. The van der Waals surface area contributed by atoms with Crippen LogP contribution in [0.25, 0.3) is 6.08 Å². The van der Waals surface area contributed by atoms with Crippen LogP contribution in [-0.4, -0.2) is 28.4 Å². The molecule has 2 rings (SSSR count). The fraction of sp³-hybridized carbons (Fsp3) is 0.125. The first-order valence-corrected chi connectivity index (χ1v) is 7.40. The Morgan fingerprint density at radius 3 is 2.95 bits per heavy atom. The van der Waals surface area contributed by atoms with Crippen molar-refractivity contribution in [3.8, 4) is 5.75 Å². The molecule has 0 unspecified atom stereocenters. The van der Waals surface area contributed by atoms with Gasteiger partial charge in [0.15, 0.2) is 0 Å². The van der Waals surface area contributed by atoms with Crippen LogP contribution in [-0.2, 0) is 4.79 Å². The molecular formula is C16H15NO3S. The van der Waals surface area contributed by atoms with E-state index in [0.29, 0.717) is 6.61 Å². The number of carboxylic acid groups (broad SMARTS) is 1. The van der Waals surface area contributed by atoms with E-state index in [4.69, 9.17) is 9.84 Å². The van der Waals surface area contributed by atoms with E-state index in [1.54, 1.807) is 18.0 Å². The average Bonchev–Trinajstić information content (AvgIpc) is 2.51. The molecular weight excluding hydrogens is 286 g/mol. The van der Waals surface area contributed by atoms with Gasteiger partial charge in [-0.15, -0.1) is 11.8 Å². The molecule has 0 atom stereocenters. The van der Waals surface area contributed by atoms with E-state index in [0.717, 1.165) is 28.2 Å². The summed E-state index contributed by atoms with van der Waals surface area (Å²) >= 11 is 1.63. The Balaban J connectivity index is 1.80. The van der Waals surface area contributed by atoms with Crippen molar-refractivity contribution in [3.63, 3.8) is 0 Å². The SMILES string of the molecule is O=C(O)C=Cc1cccc(OCCSc2ccccn2)c1. The van der Waals surface area contributed by atoms with Crippen molar-refractivity contribution in [1.29, 1.82) is 0 Å². The number of aliphatic carboxylic acids is 1. The van der Waals surface area contributed by atoms with Crippen molar-refractivity contribution in [2.75, 3.05) is 12.4 Å². The third kappa shape index (κ3) is 5.71. The Bertz CT molecular complexity index is 614. The minimum absolute atomic E-state index is 0.563. The Hall–Kier alpha value is -2.27. The lowest BCUT2D eigenvalue weighted by atomic mass is 10.2. The summed E-state index contributed by atoms with van der Waals surface area (Å²) in [5.41, 5.74) is 0.798. The van der Waals surface area contributed by atoms with Gasteiger partial charge in [-0.05, 0) is 35.9 Å². The highest BCUT2D eigenvalue weighted by atomic mass is 32.2.